The number of hydrazone groups is 1. The number of para-hydroxylation sites is 1. The summed E-state index contributed by atoms with van der Waals surface area (Å²) in [4.78, 5) is 12.6. The molecule has 0 saturated carbocycles. The minimum absolute atomic E-state index is 0.362. The van der Waals surface area contributed by atoms with Gasteiger partial charge in [-0.05, 0) is 37.3 Å². The fourth-order valence-electron chi connectivity index (χ4n) is 3.33. The zero-order valence-corrected chi connectivity index (χ0v) is 18.6. The molecule has 0 aliphatic heterocycles. The maximum Gasteiger partial charge on any atom is 0.271 e. The molecule has 0 radical (unpaired) electrons. The van der Waals surface area contributed by atoms with Gasteiger partial charge in [0, 0.05) is 22.9 Å². The van der Waals surface area contributed by atoms with E-state index < -0.39 is 0 Å². The molecule has 0 atom stereocenters. The van der Waals surface area contributed by atoms with Crippen LogP contribution in [0.25, 0.3) is 16.9 Å². The number of hydrogen-bond donors (Lipinski definition) is 1. The van der Waals surface area contributed by atoms with Gasteiger partial charge in [0.05, 0.1) is 26.1 Å². The van der Waals surface area contributed by atoms with Crippen LogP contribution < -0.4 is 14.9 Å². The molecule has 1 N–H and O–H groups in total. The van der Waals surface area contributed by atoms with Crippen molar-refractivity contribution in [3.8, 4) is 28.4 Å². The quantitative estimate of drug-likeness (QED) is 0.336. The fraction of sp³-hybridized carbons (Fsp3) is 0.115. The van der Waals surface area contributed by atoms with Gasteiger partial charge in [-0.3, -0.25) is 4.79 Å². The van der Waals surface area contributed by atoms with Crippen molar-refractivity contribution in [1.82, 2.24) is 15.2 Å². The summed E-state index contributed by atoms with van der Waals surface area (Å²) in [5.74, 6) is 0.660. The summed E-state index contributed by atoms with van der Waals surface area (Å²) in [6.07, 6.45) is 3.48. The Morgan fingerprint density at radius 2 is 1.70 bits per heavy atom. The van der Waals surface area contributed by atoms with Crippen molar-refractivity contribution in [3.63, 3.8) is 0 Å². The first kappa shape index (κ1) is 21.8. The van der Waals surface area contributed by atoms with Gasteiger partial charge in [-0.1, -0.05) is 48.0 Å². The van der Waals surface area contributed by atoms with Gasteiger partial charge in [-0.15, -0.1) is 0 Å². The molecule has 7 nitrogen and oxygen atoms in total. The third kappa shape index (κ3) is 4.93. The normalized spacial score (nSPS) is 10.9. The van der Waals surface area contributed by atoms with Crippen LogP contribution in [0.4, 0.5) is 0 Å². The fourth-order valence-corrected chi connectivity index (χ4v) is 3.33. The third-order valence-corrected chi connectivity index (χ3v) is 5.10. The lowest BCUT2D eigenvalue weighted by Gasteiger charge is -2.08. The van der Waals surface area contributed by atoms with Gasteiger partial charge >= 0.3 is 0 Å². The van der Waals surface area contributed by atoms with E-state index in [1.807, 2.05) is 67.7 Å². The molecule has 33 heavy (non-hydrogen) atoms. The second-order valence-electron chi connectivity index (χ2n) is 7.35. The number of carbonyl (C=O) groups excluding carboxylic acids is 1. The second kappa shape index (κ2) is 9.82. The number of ether oxygens (including phenoxy) is 2. The van der Waals surface area contributed by atoms with E-state index in [1.165, 1.54) is 12.7 Å². The highest BCUT2D eigenvalue weighted by atomic mass is 16.5. The number of aryl methyl sites for hydroxylation is 1. The Labute approximate surface area is 192 Å². The van der Waals surface area contributed by atoms with Crippen molar-refractivity contribution in [2.24, 2.45) is 5.10 Å². The van der Waals surface area contributed by atoms with Gasteiger partial charge in [-0.25, -0.2) is 10.1 Å². The van der Waals surface area contributed by atoms with E-state index in [1.54, 1.807) is 36.2 Å². The molecule has 1 amide bonds. The van der Waals surface area contributed by atoms with Gasteiger partial charge in [0.25, 0.3) is 5.91 Å². The minimum atomic E-state index is -0.362. The van der Waals surface area contributed by atoms with E-state index in [9.17, 15) is 4.79 Å². The van der Waals surface area contributed by atoms with Crippen LogP contribution >= 0.6 is 0 Å². The molecule has 4 aromatic rings. The molecular formula is C26H24N4O3. The first-order chi connectivity index (χ1) is 16.1. The topological polar surface area (TPSA) is 77.7 Å². The molecule has 0 saturated heterocycles. The number of nitrogens with one attached hydrogen (secondary N) is 1. The molecule has 1 aromatic heterocycles. The second-order valence-corrected chi connectivity index (χ2v) is 7.35. The number of methoxy groups -OCH3 is 2. The van der Waals surface area contributed by atoms with Crippen LogP contribution in [0.3, 0.4) is 0 Å². The van der Waals surface area contributed by atoms with Crippen molar-refractivity contribution < 1.29 is 14.3 Å². The first-order valence-corrected chi connectivity index (χ1v) is 10.4. The smallest absolute Gasteiger partial charge is 0.271 e. The molecule has 0 spiro atoms. The Morgan fingerprint density at radius 3 is 2.39 bits per heavy atom. The average Bonchev–Trinajstić information content (AvgIpc) is 3.28. The van der Waals surface area contributed by atoms with Crippen LogP contribution in [-0.2, 0) is 0 Å². The van der Waals surface area contributed by atoms with Crippen LogP contribution in [0.15, 0.2) is 84.1 Å². The number of amides is 1. The lowest BCUT2D eigenvalue weighted by Crippen LogP contribution is -2.17. The Bertz CT molecular complexity index is 1280. The lowest BCUT2D eigenvalue weighted by atomic mass is 10.1. The monoisotopic (exact) mass is 440 g/mol. The van der Waals surface area contributed by atoms with Gasteiger partial charge in [0.1, 0.15) is 5.69 Å². The van der Waals surface area contributed by atoms with E-state index in [0.717, 1.165) is 22.5 Å². The maximum atomic E-state index is 12.6. The Morgan fingerprint density at radius 1 is 0.970 bits per heavy atom. The van der Waals surface area contributed by atoms with E-state index >= 15 is 0 Å². The van der Waals surface area contributed by atoms with Crippen LogP contribution in [-0.4, -0.2) is 36.1 Å². The molecule has 0 aliphatic rings. The highest BCUT2D eigenvalue weighted by Crippen LogP contribution is 2.27. The van der Waals surface area contributed by atoms with E-state index in [0.29, 0.717) is 17.1 Å². The third-order valence-electron chi connectivity index (χ3n) is 5.10. The van der Waals surface area contributed by atoms with Crippen LogP contribution in [0, 0.1) is 6.92 Å². The van der Waals surface area contributed by atoms with Gasteiger partial charge < -0.3 is 9.47 Å². The van der Waals surface area contributed by atoms with Gasteiger partial charge in [0.2, 0.25) is 0 Å². The number of aromatic nitrogens is 2. The van der Waals surface area contributed by atoms with E-state index in [2.05, 4.69) is 10.5 Å². The molecule has 4 rings (SSSR count). The summed E-state index contributed by atoms with van der Waals surface area (Å²) in [5, 5.41) is 8.94. The zero-order chi connectivity index (χ0) is 23.2. The minimum Gasteiger partial charge on any atom is -0.493 e. The number of rotatable bonds is 7. The molecule has 0 bridgehead atoms. The summed E-state index contributed by atoms with van der Waals surface area (Å²) >= 11 is 0. The molecule has 0 aliphatic carbocycles. The number of nitrogens with zero attached hydrogens (tertiary/aromatic N) is 3. The van der Waals surface area contributed by atoms with Gasteiger partial charge in [-0.2, -0.15) is 10.2 Å². The predicted molar refractivity (Wildman–Crippen MR) is 128 cm³/mol. The van der Waals surface area contributed by atoms with Crippen LogP contribution in [0.5, 0.6) is 11.5 Å². The number of carbonyl (C=O) groups is 1. The van der Waals surface area contributed by atoms with Crippen LogP contribution in [0.1, 0.15) is 21.5 Å². The molecule has 1 heterocycles. The number of hydrogen-bond acceptors (Lipinski definition) is 5. The highest BCUT2D eigenvalue weighted by Gasteiger charge is 2.13. The SMILES string of the molecule is COc1ccc(C(=O)NN=Cc2cn(-c3ccccc3)nc2-c2ccc(C)cc2)cc1OC. The maximum absolute atomic E-state index is 12.6. The van der Waals surface area contributed by atoms with Crippen molar-refractivity contribution in [3.05, 3.63) is 95.7 Å². The zero-order valence-electron chi connectivity index (χ0n) is 18.6. The first-order valence-electron chi connectivity index (χ1n) is 10.4. The van der Waals surface area contributed by atoms with E-state index in [-0.39, 0.29) is 5.91 Å². The molecule has 166 valence electrons. The molecule has 0 unspecified atom stereocenters. The Balaban J connectivity index is 1.60. The standard InChI is InChI=1S/C26H24N4O3/c1-18-9-11-19(12-10-18)25-21(17-30(29-25)22-7-5-4-6-8-22)16-27-28-26(31)20-13-14-23(32-2)24(15-20)33-3/h4-17H,1-3H3,(H,28,31). The predicted octanol–water partition coefficient (Wildman–Crippen LogP) is 4.63. The Kier molecular flexibility index (Phi) is 6.50. The van der Waals surface area contributed by atoms with Crippen molar-refractivity contribution in [2.45, 2.75) is 6.92 Å². The summed E-state index contributed by atoms with van der Waals surface area (Å²) in [7, 11) is 3.07. The average molecular weight is 441 g/mol. The molecule has 0 fully saturated rings. The van der Waals surface area contributed by atoms with E-state index in [4.69, 9.17) is 14.6 Å². The summed E-state index contributed by atoms with van der Waals surface area (Å²) in [6.45, 7) is 2.04. The van der Waals surface area contributed by atoms with Crippen LogP contribution in [0.2, 0.25) is 0 Å². The molecule has 3 aromatic carbocycles. The lowest BCUT2D eigenvalue weighted by molar-refractivity contribution is 0.0954. The van der Waals surface area contributed by atoms with Gasteiger partial charge in [0.15, 0.2) is 11.5 Å². The molecular weight excluding hydrogens is 416 g/mol. The number of benzene rings is 3. The summed E-state index contributed by atoms with van der Waals surface area (Å²) in [5.41, 5.74) is 7.57. The summed E-state index contributed by atoms with van der Waals surface area (Å²) in [6, 6.07) is 22.9. The molecule has 7 heteroatoms. The van der Waals surface area contributed by atoms with Crippen molar-refractivity contribution in [1.29, 1.82) is 0 Å². The highest BCUT2D eigenvalue weighted by molar-refractivity contribution is 5.96. The largest absolute Gasteiger partial charge is 0.493 e. The summed E-state index contributed by atoms with van der Waals surface area (Å²) < 4.78 is 12.3. The Hall–Kier alpha value is -4.39. The van der Waals surface area contributed by atoms with Crippen molar-refractivity contribution in [2.75, 3.05) is 14.2 Å². The van der Waals surface area contributed by atoms with Crippen molar-refractivity contribution >= 4 is 12.1 Å².